The molecule has 1 N–H and O–H groups in total. The first kappa shape index (κ1) is 17.9. The first-order valence-electron chi connectivity index (χ1n) is 7.93. The maximum atomic E-state index is 3.63. The van der Waals surface area contributed by atoms with Crippen LogP contribution in [-0.2, 0) is 0 Å². The first-order valence-corrected chi connectivity index (χ1v) is 7.93. The molecular weight excluding hydrogens is 220 g/mol. The molecule has 0 aliphatic rings. The minimum atomic E-state index is 0.419. The van der Waals surface area contributed by atoms with E-state index in [-0.39, 0.29) is 0 Å². The van der Waals surface area contributed by atoms with Crippen molar-refractivity contribution in [1.29, 1.82) is 0 Å². The summed E-state index contributed by atoms with van der Waals surface area (Å²) in [6.07, 6.45) is 5.22. The smallest absolute Gasteiger partial charge is 0.00474 e. The van der Waals surface area contributed by atoms with Crippen molar-refractivity contribution < 1.29 is 0 Å². The minimum absolute atomic E-state index is 0.419. The molecule has 0 amide bonds. The zero-order valence-corrected chi connectivity index (χ0v) is 13.7. The van der Waals surface area contributed by atoms with Crippen LogP contribution in [0.2, 0.25) is 0 Å². The second-order valence-corrected chi connectivity index (χ2v) is 6.32. The lowest BCUT2D eigenvalue weighted by atomic mass is 9.84. The van der Waals surface area contributed by atoms with Gasteiger partial charge in [-0.2, -0.15) is 0 Å². The van der Waals surface area contributed by atoms with Crippen molar-refractivity contribution in [2.75, 3.05) is 26.2 Å². The largest absolute Gasteiger partial charge is 0.314 e. The molecular formula is C16H36N2. The van der Waals surface area contributed by atoms with Crippen molar-refractivity contribution in [3.05, 3.63) is 0 Å². The Hall–Kier alpha value is -0.0800. The summed E-state index contributed by atoms with van der Waals surface area (Å²) in [5.74, 6) is 0. The highest BCUT2D eigenvalue weighted by Gasteiger charge is 2.25. The number of unbranched alkanes of at least 4 members (excludes halogenated alkanes) is 1. The van der Waals surface area contributed by atoms with Gasteiger partial charge in [-0.1, -0.05) is 54.4 Å². The van der Waals surface area contributed by atoms with Crippen LogP contribution in [0.25, 0.3) is 0 Å². The summed E-state index contributed by atoms with van der Waals surface area (Å²) in [5.41, 5.74) is 0.419. The highest BCUT2D eigenvalue weighted by atomic mass is 15.1. The predicted octanol–water partition coefficient (Wildman–Crippen LogP) is 3.91. The van der Waals surface area contributed by atoms with Crippen LogP contribution in [0.15, 0.2) is 0 Å². The molecule has 0 saturated carbocycles. The number of hydrogen-bond donors (Lipinski definition) is 1. The SMILES string of the molecule is CCCCN(CC)CC(C)(CCC)CNC(C)C. The van der Waals surface area contributed by atoms with Crippen molar-refractivity contribution >= 4 is 0 Å². The molecule has 0 aliphatic heterocycles. The van der Waals surface area contributed by atoms with Crippen LogP contribution in [0.1, 0.15) is 67.2 Å². The number of nitrogens with zero attached hydrogens (tertiary/aromatic N) is 1. The van der Waals surface area contributed by atoms with Gasteiger partial charge in [0.15, 0.2) is 0 Å². The van der Waals surface area contributed by atoms with Gasteiger partial charge in [0.1, 0.15) is 0 Å². The van der Waals surface area contributed by atoms with Crippen LogP contribution in [0.5, 0.6) is 0 Å². The highest BCUT2D eigenvalue weighted by molar-refractivity contribution is 4.81. The fraction of sp³-hybridized carbons (Fsp3) is 1.00. The fourth-order valence-electron chi connectivity index (χ4n) is 2.55. The van der Waals surface area contributed by atoms with Crippen molar-refractivity contribution in [2.45, 2.75) is 73.3 Å². The van der Waals surface area contributed by atoms with Gasteiger partial charge >= 0.3 is 0 Å². The molecule has 1 atom stereocenters. The zero-order valence-electron chi connectivity index (χ0n) is 13.7. The molecule has 2 nitrogen and oxygen atoms in total. The van der Waals surface area contributed by atoms with E-state index in [1.165, 1.54) is 45.3 Å². The van der Waals surface area contributed by atoms with E-state index in [4.69, 9.17) is 0 Å². The van der Waals surface area contributed by atoms with Crippen molar-refractivity contribution in [3.63, 3.8) is 0 Å². The molecule has 2 heteroatoms. The quantitative estimate of drug-likeness (QED) is 0.603. The first-order chi connectivity index (χ1) is 8.47. The summed E-state index contributed by atoms with van der Waals surface area (Å²) in [4.78, 5) is 2.63. The summed E-state index contributed by atoms with van der Waals surface area (Å²) in [7, 11) is 0. The topological polar surface area (TPSA) is 15.3 Å². The van der Waals surface area contributed by atoms with Gasteiger partial charge in [0, 0.05) is 19.1 Å². The molecule has 18 heavy (non-hydrogen) atoms. The molecule has 0 saturated heterocycles. The van der Waals surface area contributed by atoms with Gasteiger partial charge in [0.25, 0.3) is 0 Å². The second-order valence-electron chi connectivity index (χ2n) is 6.32. The van der Waals surface area contributed by atoms with E-state index in [0.29, 0.717) is 11.5 Å². The van der Waals surface area contributed by atoms with E-state index in [1.807, 2.05) is 0 Å². The Morgan fingerprint density at radius 3 is 2.22 bits per heavy atom. The molecule has 0 aromatic rings. The summed E-state index contributed by atoms with van der Waals surface area (Å²) in [6.45, 7) is 18.6. The summed E-state index contributed by atoms with van der Waals surface area (Å²) < 4.78 is 0. The third-order valence-corrected chi connectivity index (χ3v) is 3.67. The van der Waals surface area contributed by atoms with Gasteiger partial charge in [-0.25, -0.2) is 0 Å². The van der Waals surface area contributed by atoms with E-state index in [2.05, 4.69) is 51.8 Å². The molecule has 0 aromatic heterocycles. The van der Waals surface area contributed by atoms with Crippen LogP contribution in [0.4, 0.5) is 0 Å². The number of rotatable bonds is 11. The third-order valence-electron chi connectivity index (χ3n) is 3.67. The van der Waals surface area contributed by atoms with Gasteiger partial charge in [0.05, 0.1) is 0 Å². The zero-order chi connectivity index (χ0) is 14.0. The Balaban J connectivity index is 4.35. The molecule has 0 heterocycles. The second kappa shape index (κ2) is 9.80. The lowest BCUT2D eigenvalue weighted by Gasteiger charge is -2.36. The monoisotopic (exact) mass is 256 g/mol. The normalized spacial score (nSPS) is 15.3. The molecule has 0 fully saturated rings. The molecule has 0 rings (SSSR count). The Labute approximate surface area is 116 Å². The molecule has 110 valence electrons. The van der Waals surface area contributed by atoms with Crippen molar-refractivity contribution in [1.82, 2.24) is 10.2 Å². The summed E-state index contributed by atoms with van der Waals surface area (Å²) in [5, 5.41) is 3.63. The van der Waals surface area contributed by atoms with E-state index in [9.17, 15) is 0 Å². The molecule has 0 spiro atoms. The average molecular weight is 256 g/mol. The molecule has 0 radical (unpaired) electrons. The van der Waals surface area contributed by atoms with E-state index in [1.54, 1.807) is 0 Å². The average Bonchev–Trinajstić information content (AvgIpc) is 2.32. The number of nitrogens with one attached hydrogen (secondary N) is 1. The van der Waals surface area contributed by atoms with Crippen molar-refractivity contribution in [3.8, 4) is 0 Å². The van der Waals surface area contributed by atoms with Crippen LogP contribution in [0.3, 0.4) is 0 Å². The van der Waals surface area contributed by atoms with E-state index in [0.717, 1.165) is 6.54 Å². The Bertz CT molecular complexity index is 192. The van der Waals surface area contributed by atoms with Crippen molar-refractivity contribution in [2.24, 2.45) is 5.41 Å². The fourth-order valence-corrected chi connectivity index (χ4v) is 2.55. The maximum absolute atomic E-state index is 3.63. The van der Waals surface area contributed by atoms with Gasteiger partial charge < -0.3 is 10.2 Å². The molecule has 0 bridgehead atoms. The molecule has 1 unspecified atom stereocenters. The lowest BCUT2D eigenvalue weighted by Crippen LogP contribution is -2.44. The maximum Gasteiger partial charge on any atom is 0.00474 e. The summed E-state index contributed by atoms with van der Waals surface area (Å²) in [6, 6.07) is 0.590. The Morgan fingerprint density at radius 2 is 1.78 bits per heavy atom. The predicted molar refractivity (Wildman–Crippen MR) is 83.2 cm³/mol. The van der Waals surface area contributed by atoms with Crippen LogP contribution >= 0.6 is 0 Å². The highest BCUT2D eigenvalue weighted by Crippen LogP contribution is 2.24. The van der Waals surface area contributed by atoms with Gasteiger partial charge in [0.2, 0.25) is 0 Å². The third kappa shape index (κ3) is 8.10. The van der Waals surface area contributed by atoms with Crippen LogP contribution in [-0.4, -0.2) is 37.1 Å². The standard InChI is InChI=1S/C16H36N2/c1-7-10-12-18(9-3)14-16(6,11-8-2)13-17-15(4)5/h15,17H,7-14H2,1-6H3. The Morgan fingerprint density at radius 1 is 1.11 bits per heavy atom. The van der Waals surface area contributed by atoms with Gasteiger partial charge in [-0.15, -0.1) is 0 Å². The molecule has 0 aromatic carbocycles. The van der Waals surface area contributed by atoms with E-state index < -0.39 is 0 Å². The number of hydrogen-bond acceptors (Lipinski definition) is 2. The minimum Gasteiger partial charge on any atom is -0.314 e. The lowest BCUT2D eigenvalue weighted by molar-refractivity contribution is 0.150. The Kier molecular flexibility index (Phi) is 9.76. The van der Waals surface area contributed by atoms with Gasteiger partial charge in [-0.05, 0) is 31.3 Å². The van der Waals surface area contributed by atoms with Crippen LogP contribution in [0, 0.1) is 5.41 Å². The van der Waals surface area contributed by atoms with Crippen LogP contribution < -0.4 is 5.32 Å². The summed E-state index contributed by atoms with van der Waals surface area (Å²) >= 11 is 0. The van der Waals surface area contributed by atoms with Gasteiger partial charge in [-0.3, -0.25) is 0 Å². The molecule has 0 aliphatic carbocycles. The van der Waals surface area contributed by atoms with E-state index >= 15 is 0 Å².